The van der Waals surface area contributed by atoms with Gasteiger partial charge in [0, 0.05) is 11.4 Å². The SMILES string of the molecule is COc1ccccc1-n1c(SCC(=O)Nc2cccc(NC(=O)c3ccco3)c2)nnc1-c1ccccc1O. The molecule has 0 fully saturated rings. The van der Waals surface area contributed by atoms with Crippen LogP contribution in [0.3, 0.4) is 0 Å². The highest BCUT2D eigenvalue weighted by atomic mass is 32.2. The van der Waals surface area contributed by atoms with E-state index in [1.54, 1.807) is 72.3 Å². The summed E-state index contributed by atoms with van der Waals surface area (Å²) in [6.07, 6.45) is 1.42. The number of methoxy groups -OCH3 is 1. The summed E-state index contributed by atoms with van der Waals surface area (Å²) in [4.78, 5) is 25.1. The molecule has 0 aliphatic carbocycles. The molecule has 0 bridgehead atoms. The minimum absolute atomic E-state index is 0.0248. The minimum atomic E-state index is -0.394. The molecule has 0 radical (unpaired) electrons. The quantitative estimate of drug-likeness (QED) is 0.216. The van der Waals surface area contributed by atoms with Crippen LogP contribution >= 0.6 is 11.8 Å². The molecule has 11 heteroatoms. The molecule has 10 nitrogen and oxygen atoms in total. The van der Waals surface area contributed by atoms with Crippen LogP contribution in [0.2, 0.25) is 0 Å². The van der Waals surface area contributed by atoms with Crippen LogP contribution in [0.5, 0.6) is 11.5 Å². The first-order valence-corrected chi connectivity index (χ1v) is 12.8. The lowest BCUT2D eigenvalue weighted by molar-refractivity contribution is -0.113. The number of nitrogens with one attached hydrogen (secondary N) is 2. The molecule has 3 aromatic carbocycles. The van der Waals surface area contributed by atoms with Gasteiger partial charge < -0.3 is 24.9 Å². The van der Waals surface area contributed by atoms with E-state index in [9.17, 15) is 14.7 Å². The smallest absolute Gasteiger partial charge is 0.291 e. The van der Waals surface area contributed by atoms with Crippen molar-refractivity contribution in [2.75, 3.05) is 23.5 Å². The second-order valence-electron chi connectivity index (χ2n) is 8.18. The van der Waals surface area contributed by atoms with Crippen molar-refractivity contribution in [1.29, 1.82) is 0 Å². The van der Waals surface area contributed by atoms with Gasteiger partial charge in [0.1, 0.15) is 11.5 Å². The summed E-state index contributed by atoms with van der Waals surface area (Å²) in [6, 6.07) is 24.2. The van der Waals surface area contributed by atoms with Crippen LogP contribution in [0.4, 0.5) is 11.4 Å². The first-order valence-electron chi connectivity index (χ1n) is 11.8. The summed E-state index contributed by atoms with van der Waals surface area (Å²) in [5, 5.41) is 25.1. The number of thioether (sulfide) groups is 1. The molecule has 2 amide bonds. The second kappa shape index (κ2) is 11.6. The van der Waals surface area contributed by atoms with E-state index in [0.29, 0.717) is 39.4 Å². The van der Waals surface area contributed by atoms with Crippen molar-refractivity contribution >= 4 is 35.0 Å². The fourth-order valence-electron chi connectivity index (χ4n) is 3.83. The number of aromatic nitrogens is 3. The van der Waals surface area contributed by atoms with E-state index in [1.165, 1.54) is 18.0 Å². The van der Waals surface area contributed by atoms with E-state index in [1.807, 2.05) is 24.3 Å². The number of hydrogen-bond donors (Lipinski definition) is 3. The van der Waals surface area contributed by atoms with Gasteiger partial charge in [-0.15, -0.1) is 10.2 Å². The van der Waals surface area contributed by atoms with E-state index in [-0.39, 0.29) is 23.2 Å². The second-order valence-corrected chi connectivity index (χ2v) is 9.12. The highest BCUT2D eigenvalue weighted by molar-refractivity contribution is 7.99. The van der Waals surface area contributed by atoms with Crippen molar-refractivity contribution in [3.8, 4) is 28.6 Å². The van der Waals surface area contributed by atoms with Crippen molar-refractivity contribution in [3.05, 3.63) is 97.0 Å². The number of rotatable bonds is 9. The van der Waals surface area contributed by atoms with E-state index >= 15 is 0 Å². The zero-order chi connectivity index (χ0) is 27.2. The van der Waals surface area contributed by atoms with Crippen LogP contribution in [-0.4, -0.2) is 44.5 Å². The number of carbonyl (C=O) groups is 2. The summed E-state index contributed by atoms with van der Waals surface area (Å²) >= 11 is 1.18. The Morgan fingerprint density at radius 3 is 2.49 bits per heavy atom. The van der Waals surface area contributed by atoms with E-state index in [2.05, 4.69) is 20.8 Å². The molecule has 5 rings (SSSR count). The predicted octanol–water partition coefficient (Wildman–Crippen LogP) is 5.22. The Kier molecular flexibility index (Phi) is 7.60. The minimum Gasteiger partial charge on any atom is -0.507 e. The molecule has 196 valence electrons. The van der Waals surface area contributed by atoms with Crippen molar-refractivity contribution in [2.45, 2.75) is 5.16 Å². The van der Waals surface area contributed by atoms with Crippen molar-refractivity contribution in [1.82, 2.24) is 14.8 Å². The summed E-state index contributed by atoms with van der Waals surface area (Å²) in [5.41, 5.74) is 2.16. The van der Waals surface area contributed by atoms with Crippen molar-refractivity contribution in [2.24, 2.45) is 0 Å². The molecule has 0 aliphatic heterocycles. The van der Waals surface area contributed by atoms with Crippen LogP contribution in [0.25, 0.3) is 17.1 Å². The van der Waals surface area contributed by atoms with Gasteiger partial charge in [0.25, 0.3) is 5.91 Å². The monoisotopic (exact) mass is 541 g/mol. The number of ether oxygens (including phenoxy) is 1. The van der Waals surface area contributed by atoms with Gasteiger partial charge in [0.15, 0.2) is 16.7 Å². The average molecular weight is 542 g/mol. The van der Waals surface area contributed by atoms with Gasteiger partial charge in [-0.25, -0.2) is 0 Å². The fourth-order valence-corrected chi connectivity index (χ4v) is 4.58. The van der Waals surface area contributed by atoms with Crippen molar-refractivity contribution in [3.63, 3.8) is 0 Å². The number of aromatic hydroxyl groups is 1. The normalized spacial score (nSPS) is 10.7. The Hall–Kier alpha value is -5.03. The number of anilines is 2. The molecule has 0 saturated carbocycles. The standard InChI is InChI=1S/C28H23N5O5S/c1-37-23-13-5-3-11-21(23)33-26(20-10-2-4-12-22(20)34)31-32-28(33)39-17-25(35)29-18-8-6-9-19(16-18)30-27(36)24-14-7-15-38-24/h2-16,34H,17H2,1H3,(H,29,35)(H,30,36). The number of phenolic OH excluding ortho intramolecular Hbond substituents is 1. The maximum atomic E-state index is 12.9. The molecule has 2 heterocycles. The predicted molar refractivity (Wildman–Crippen MR) is 147 cm³/mol. The summed E-state index contributed by atoms with van der Waals surface area (Å²) in [5.74, 6) is 0.562. The molecule has 0 spiro atoms. The van der Waals surface area contributed by atoms with Crippen LogP contribution < -0.4 is 15.4 Å². The number of furan rings is 1. The number of benzene rings is 3. The molecular weight excluding hydrogens is 518 g/mol. The van der Waals surface area contributed by atoms with Gasteiger partial charge >= 0.3 is 0 Å². The largest absolute Gasteiger partial charge is 0.507 e. The summed E-state index contributed by atoms with van der Waals surface area (Å²) in [7, 11) is 1.56. The molecule has 0 saturated heterocycles. The van der Waals surface area contributed by atoms with Gasteiger partial charge in [0.2, 0.25) is 5.91 Å². The maximum Gasteiger partial charge on any atom is 0.291 e. The molecule has 0 aliphatic rings. The van der Waals surface area contributed by atoms with E-state index < -0.39 is 5.91 Å². The Morgan fingerprint density at radius 1 is 0.949 bits per heavy atom. The van der Waals surface area contributed by atoms with Crippen LogP contribution in [-0.2, 0) is 4.79 Å². The van der Waals surface area contributed by atoms with E-state index in [4.69, 9.17) is 9.15 Å². The highest BCUT2D eigenvalue weighted by Crippen LogP contribution is 2.35. The van der Waals surface area contributed by atoms with Gasteiger partial charge in [-0.3, -0.25) is 14.2 Å². The van der Waals surface area contributed by atoms with E-state index in [0.717, 1.165) is 0 Å². The highest BCUT2D eigenvalue weighted by Gasteiger charge is 2.21. The van der Waals surface area contributed by atoms with Gasteiger partial charge in [-0.1, -0.05) is 42.1 Å². The third-order valence-electron chi connectivity index (χ3n) is 5.59. The first-order chi connectivity index (χ1) is 19.0. The van der Waals surface area contributed by atoms with Crippen LogP contribution in [0.15, 0.2) is 101 Å². The Labute approximate surface area is 227 Å². The fraction of sp³-hybridized carbons (Fsp3) is 0.0714. The lowest BCUT2D eigenvalue weighted by Gasteiger charge is -2.14. The third-order valence-corrected chi connectivity index (χ3v) is 6.51. The molecule has 39 heavy (non-hydrogen) atoms. The zero-order valence-electron chi connectivity index (χ0n) is 20.7. The maximum absolute atomic E-state index is 12.9. The average Bonchev–Trinajstić information content (AvgIpc) is 3.63. The number of nitrogens with zero attached hydrogens (tertiary/aromatic N) is 3. The molecule has 2 aromatic heterocycles. The molecule has 3 N–H and O–H groups in total. The molecular formula is C28H23N5O5S. The molecule has 0 unspecified atom stereocenters. The lowest BCUT2D eigenvalue weighted by atomic mass is 10.2. The lowest BCUT2D eigenvalue weighted by Crippen LogP contribution is -2.15. The number of phenols is 1. The van der Waals surface area contributed by atoms with Crippen molar-refractivity contribution < 1.29 is 23.8 Å². The summed E-state index contributed by atoms with van der Waals surface area (Å²) < 4.78 is 12.4. The zero-order valence-corrected chi connectivity index (χ0v) is 21.5. The van der Waals surface area contributed by atoms with Crippen LogP contribution in [0, 0.1) is 0 Å². The number of amides is 2. The number of hydrogen-bond acceptors (Lipinski definition) is 8. The molecule has 0 atom stereocenters. The third kappa shape index (κ3) is 5.78. The molecule has 5 aromatic rings. The van der Waals surface area contributed by atoms with Gasteiger partial charge in [-0.2, -0.15) is 0 Å². The Bertz CT molecular complexity index is 1620. The van der Waals surface area contributed by atoms with Gasteiger partial charge in [0.05, 0.1) is 30.4 Å². The summed E-state index contributed by atoms with van der Waals surface area (Å²) in [6.45, 7) is 0. The Balaban J connectivity index is 1.34. The topological polar surface area (TPSA) is 132 Å². The van der Waals surface area contributed by atoms with Gasteiger partial charge in [-0.05, 0) is 54.6 Å². The van der Waals surface area contributed by atoms with Crippen LogP contribution in [0.1, 0.15) is 10.6 Å². The number of para-hydroxylation sites is 3. The Morgan fingerprint density at radius 2 is 1.72 bits per heavy atom. The first kappa shape index (κ1) is 25.6. The number of carbonyl (C=O) groups excluding carboxylic acids is 2.